The topological polar surface area (TPSA) is 69.7 Å². The van der Waals surface area contributed by atoms with Gasteiger partial charge in [0, 0.05) is 39.8 Å². The molecule has 0 radical (unpaired) electrons. The smallest absolute Gasteiger partial charge is 0.229 e. The van der Waals surface area contributed by atoms with E-state index in [1.54, 1.807) is 25.8 Å². The number of piperazine rings is 1. The van der Waals surface area contributed by atoms with Crippen LogP contribution in [0.4, 0.5) is 0 Å². The number of hydrogen-bond donors (Lipinski definition) is 1. The second-order valence-electron chi connectivity index (χ2n) is 6.37. The van der Waals surface area contributed by atoms with Gasteiger partial charge in [0.15, 0.2) is 0 Å². The molecule has 1 amide bonds. The number of amides is 1. The highest BCUT2D eigenvalue weighted by Gasteiger charge is 2.38. The predicted molar refractivity (Wildman–Crippen MR) is 84.6 cm³/mol. The molecule has 0 aromatic rings. The largest absolute Gasteiger partial charge is 0.345 e. The van der Waals surface area contributed by atoms with Crippen LogP contribution in [0.5, 0.6) is 0 Å². The zero-order valence-electron chi connectivity index (χ0n) is 13.7. The summed E-state index contributed by atoms with van der Waals surface area (Å²) in [6.07, 6.45) is 1.94. The molecule has 1 aliphatic heterocycles. The Bertz CT molecular complexity index is 442. The minimum Gasteiger partial charge on any atom is -0.345 e. The first-order valence-electron chi connectivity index (χ1n) is 7.65. The van der Waals surface area contributed by atoms with E-state index >= 15 is 0 Å². The van der Waals surface area contributed by atoms with Crippen molar-refractivity contribution in [3.05, 3.63) is 0 Å². The molecular formula is C14H29N3O3S. The van der Waals surface area contributed by atoms with Crippen molar-refractivity contribution in [2.75, 3.05) is 45.5 Å². The lowest BCUT2D eigenvalue weighted by atomic mass is 9.94. The van der Waals surface area contributed by atoms with Gasteiger partial charge in [-0.2, -0.15) is 4.31 Å². The fraction of sp³-hybridized carbons (Fsp3) is 0.929. The van der Waals surface area contributed by atoms with Gasteiger partial charge >= 0.3 is 0 Å². The van der Waals surface area contributed by atoms with E-state index in [1.165, 1.54) is 4.31 Å². The van der Waals surface area contributed by atoms with Crippen molar-refractivity contribution in [2.24, 2.45) is 5.41 Å². The standard InChI is InChI=1S/C14H29N3O3S/c1-5-6-9-16(4)13(18)14(2,3)12-21(19,20)17-10-7-15-8-11-17/h15H,5-12H2,1-4H3. The number of nitrogens with zero attached hydrogens (tertiary/aromatic N) is 2. The van der Waals surface area contributed by atoms with E-state index in [2.05, 4.69) is 12.2 Å². The Hall–Kier alpha value is -0.660. The first-order chi connectivity index (χ1) is 9.70. The summed E-state index contributed by atoms with van der Waals surface area (Å²) < 4.78 is 26.4. The first kappa shape index (κ1) is 18.4. The molecule has 21 heavy (non-hydrogen) atoms. The minimum absolute atomic E-state index is 0.102. The van der Waals surface area contributed by atoms with Crippen molar-refractivity contribution < 1.29 is 13.2 Å². The van der Waals surface area contributed by atoms with Crippen LogP contribution in [0.25, 0.3) is 0 Å². The van der Waals surface area contributed by atoms with E-state index < -0.39 is 15.4 Å². The van der Waals surface area contributed by atoms with E-state index in [9.17, 15) is 13.2 Å². The molecule has 0 aliphatic carbocycles. The van der Waals surface area contributed by atoms with Gasteiger partial charge in [0.2, 0.25) is 15.9 Å². The third kappa shape index (κ3) is 5.23. The Kier molecular flexibility index (Phi) is 6.62. The van der Waals surface area contributed by atoms with Crippen LogP contribution in [0, 0.1) is 5.41 Å². The van der Waals surface area contributed by atoms with Crippen LogP contribution in [0.15, 0.2) is 0 Å². The molecule has 1 heterocycles. The average molecular weight is 319 g/mol. The maximum Gasteiger partial charge on any atom is 0.229 e. The molecule has 1 aliphatic rings. The number of rotatable bonds is 7. The van der Waals surface area contributed by atoms with Crippen molar-refractivity contribution in [1.29, 1.82) is 0 Å². The van der Waals surface area contributed by atoms with Gasteiger partial charge in [-0.05, 0) is 20.3 Å². The lowest BCUT2D eigenvalue weighted by Gasteiger charge is -2.33. The van der Waals surface area contributed by atoms with Gasteiger partial charge in [-0.3, -0.25) is 4.79 Å². The Morgan fingerprint density at radius 3 is 2.38 bits per heavy atom. The summed E-state index contributed by atoms with van der Waals surface area (Å²) in [7, 11) is -1.65. The molecule has 0 unspecified atom stereocenters. The van der Waals surface area contributed by atoms with E-state index in [-0.39, 0.29) is 11.7 Å². The lowest BCUT2D eigenvalue weighted by Crippen LogP contribution is -2.51. The van der Waals surface area contributed by atoms with Crippen LogP contribution in [0.3, 0.4) is 0 Å². The molecule has 0 atom stereocenters. The Morgan fingerprint density at radius 2 is 1.86 bits per heavy atom. The van der Waals surface area contributed by atoms with Crippen LogP contribution < -0.4 is 5.32 Å². The van der Waals surface area contributed by atoms with Crippen molar-refractivity contribution in [3.63, 3.8) is 0 Å². The van der Waals surface area contributed by atoms with Gasteiger partial charge in [-0.1, -0.05) is 13.3 Å². The third-order valence-corrected chi connectivity index (χ3v) is 6.02. The summed E-state index contributed by atoms with van der Waals surface area (Å²) in [5, 5.41) is 3.13. The second-order valence-corrected chi connectivity index (χ2v) is 8.34. The van der Waals surface area contributed by atoms with Crippen LogP contribution in [-0.2, 0) is 14.8 Å². The monoisotopic (exact) mass is 319 g/mol. The Morgan fingerprint density at radius 1 is 1.29 bits per heavy atom. The number of carbonyl (C=O) groups is 1. The highest BCUT2D eigenvalue weighted by Crippen LogP contribution is 2.23. The van der Waals surface area contributed by atoms with E-state index in [4.69, 9.17) is 0 Å². The zero-order valence-corrected chi connectivity index (χ0v) is 14.5. The molecule has 0 bridgehead atoms. The molecule has 1 saturated heterocycles. The molecule has 0 saturated carbocycles. The second kappa shape index (κ2) is 7.56. The van der Waals surface area contributed by atoms with E-state index in [0.29, 0.717) is 32.7 Å². The van der Waals surface area contributed by atoms with E-state index in [0.717, 1.165) is 12.8 Å². The molecule has 0 spiro atoms. The Balaban J connectivity index is 2.71. The molecule has 0 aromatic heterocycles. The lowest BCUT2D eigenvalue weighted by molar-refractivity contribution is -0.137. The average Bonchev–Trinajstić information content (AvgIpc) is 2.43. The quantitative estimate of drug-likeness (QED) is 0.742. The molecule has 1 rings (SSSR count). The number of carbonyl (C=O) groups excluding carboxylic acids is 1. The Labute approximate surface area is 128 Å². The summed E-state index contributed by atoms with van der Waals surface area (Å²) in [6.45, 7) is 8.49. The molecule has 7 heteroatoms. The summed E-state index contributed by atoms with van der Waals surface area (Å²) in [6, 6.07) is 0. The molecule has 0 aromatic carbocycles. The van der Waals surface area contributed by atoms with Crippen molar-refractivity contribution >= 4 is 15.9 Å². The van der Waals surface area contributed by atoms with Gasteiger partial charge in [-0.25, -0.2) is 8.42 Å². The summed E-state index contributed by atoms with van der Waals surface area (Å²) >= 11 is 0. The fourth-order valence-corrected chi connectivity index (χ4v) is 4.50. The maximum absolute atomic E-state index is 12.5. The van der Waals surface area contributed by atoms with Crippen LogP contribution >= 0.6 is 0 Å². The van der Waals surface area contributed by atoms with Crippen molar-refractivity contribution in [3.8, 4) is 0 Å². The SMILES string of the molecule is CCCCN(C)C(=O)C(C)(C)CS(=O)(=O)N1CCNCC1. The molecular weight excluding hydrogens is 290 g/mol. The predicted octanol–water partition coefficient (Wildman–Crippen LogP) is 0.506. The summed E-state index contributed by atoms with van der Waals surface area (Å²) in [5.74, 6) is -0.232. The molecule has 6 nitrogen and oxygen atoms in total. The number of hydrogen-bond acceptors (Lipinski definition) is 4. The molecule has 1 fully saturated rings. The zero-order chi connectivity index (χ0) is 16.1. The van der Waals surface area contributed by atoms with Gasteiger partial charge in [-0.15, -0.1) is 0 Å². The van der Waals surface area contributed by atoms with Gasteiger partial charge < -0.3 is 10.2 Å². The first-order valence-corrected chi connectivity index (χ1v) is 9.26. The number of nitrogens with one attached hydrogen (secondary N) is 1. The number of unbranched alkanes of at least 4 members (excludes halogenated alkanes) is 1. The van der Waals surface area contributed by atoms with Crippen LogP contribution in [0.1, 0.15) is 33.6 Å². The van der Waals surface area contributed by atoms with Gasteiger partial charge in [0.25, 0.3) is 0 Å². The molecule has 1 N–H and O–H groups in total. The summed E-state index contributed by atoms with van der Waals surface area (Å²) in [5.41, 5.74) is -0.897. The third-order valence-electron chi connectivity index (χ3n) is 3.79. The number of sulfonamides is 1. The van der Waals surface area contributed by atoms with Crippen LogP contribution in [0.2, 0.25) is 0 Å². The highest BCUT2D eigenvalue weighted by atomic mass is 32.2. The van der Waals surface area contributed by atoms with Crippen molar-refractivity contribution in [2.45, 2.75) is 33.6 Å². The highest BCUT2D eigenvalue weighted by molar-refractivity contribution is 7.89. The van der Waals surface area contributed by atoms with E-state index in [1.807, 2.05) is 0 Å². The summed E-state index contributed by atoms with van der Waals surface area (Å²) in [4.78, 5) is 14.1. The fourth-order valence-electron chi connectivity index (χ4n) is 2.55. The normalized spacial score (nSPS) is 17.7. The minimum atomic E-state index is -3.39. The van der Waals surface area contributed by atoms with Gasteiger partial charge in [0.05, 0.1) is 11.2 Å². The van der Waals surface area contributed by atoms with Crippen molar-refractivity contribution in [1.82, 2.24) is 14.5 Å². The molecule has 124 valence electrons. The maximum atomic E-state index is 12.5. The van der Waals surface area contributed by atoms with Crippen LogP contribution in [-0.4, -0.2) is 69.1 Å². The van der Waals surface area contributed by atoms with Gasteiger partial charge in [0.1, 0.15) is 0 Å².